The normalized spacial score (nSPS) is 11.9. The van der Waals surface area contributed by atoms with E-state index in [2.05, 4.69) is 21.9 Å². The van der Waals surface area contributed by atoms with Crippen molar-refractivity contribution < 1.29 is 4.39 Å². The van der Waals surface area contributed by atoms with E-state index in [-0.39, 0.29) is 11.9 Å². The summed E-state index contributed by atoms with van der Waals surface area (Å²) >= 11 is 5.57. The van der Waals surface area contributed by atoms with Gasteiger partial charge in [-0.15, -0.1) is 6.58 Å². The van der Waals surface area contributed by atoms with Crippen LogP contribution in [0, 0.1) is 5.82 Å². The number of nitrogens with zero attached hydrogens (tertiary/aromatic N) is 2. The van der Waals surface area contributed by atoms with Crippen molar-refractivity contribution >= 4 is 28.1 Å². The van der Waals surface area contributed by atoms with Gasteiger partial charge in [0, 0.05) is 35.6 Å². The highest BCUT2D eigenvalue weighted by Gasteiger charge is 2.14. The van der Waals surface area contributed by atoms with Gasteiger partial charge in [-0.05, 0) is 43.5 Å². The van der Waals surface area contributed by atoms with E-state index < -0.39 is 0 Å². The van der Waals surface area contributed by atoms with Crippen molar-refractivity contribution in [1.82, 2.24) is 15.3 Å². The van der Waals surface area contributed by atoms with Crippen LogP contribution in [0.4, 0.5) is 4.39 Å². The van der Waals surface area contributed by atoms with Crippen molar-refractivity contribution in [1.29, 1.82) is 0 Å². The number of nitrogens with one attached hydrogen (secondary N) is 1. The van der Waals surface area contributed by atoms with Gasteiger partial charge in [-0.2, -0.15) is 0 Å². The van der Waals surface area contributed by atoms with Crippen molar-refractivity contribution in [2.45, 2.75) is 25.8 Å². The van der Waals surface area contributed by atoms with Gasteiger partial charge >= 0.3 is 0 Å². The number of hydrogen-bond acceptors (Lipinski definition) is 3. The van der Waals surface area contributed by atoms with E-state index in [1.807, 2.05) is 37.4 Å². The van der Waals surface area contributed by atoms with Crippen molar-refractivity contribution in [3.63, 3.8) is 0 Å². The quantitative estimate of drug-likeness (QED) is 0.511. The highest BCUT2D eigenvalue weighted by Crippen LogP contribution is 2.17. The molecule has 0 amide bonds. The molecule has 2 aromatic heterocycles. The summed E-state index contributed by atoms with van der Waals surface area (Å²) in [5, 5.41) is 4.13. The molecule has 2 heterocycles. The minimum atomic E-state index is -0.329. The lowest BCUT2D eigenvalue weighted by Crippen LogP contribution is -2.36. The average Bonchev–Trinajstić information content (AvgIpc) is 2.62. The Morgan fingerprint density at radius 1 is 1.27 bits per heavy atom. The highest BCUT2D eigenvalue weighted by atomic mass is 32.1. The zero-order valence-electron chi connectivity index (χ0n) is 14.6. The van der Waals surface area contributed by atoms with Gasteiger partial charge in [-0.3, -0.25) is 9.97 Å². The minimum Gasteiger partial charge on any atom is -0.372 e. The molecule has 1 unspecified atom stereocenters. The molecule has 0 radical (unpaired) electrons. The summed E-state index contributed by atoms with van der Waals surface area (Å²) in [4.78, 5) is 8.99. The Morgan fingerprint density at radius 3 is 2.85 bits per heavy atom. The molecule has 3 aromatic rings. The number of hydrogen-bond donors (Lipinski definition) is 1. The van der Waals surface area contributed by atoms with Crippen LogP contribution in [0.3, 0.4) is 0 Å². The number of para-hydroxylation sites is 1. The van der Waals surface area contributed by atoms with Gasteiger partial charge < -0.3 is 5.32 Å². The Balaban J connectivity index is 1.79. The summed E-state index contributed by atoms with van der Waals surface area (Å²) in [5.41, 5.74) is 3.34. The second kappa shape index (κ2) is 8.15. The Labute approximate surface area is 158 Å². The number of aromatic nitrogens is 2. The minimum absolute atomic E-state index is 0.104. The van der Waals surface area contributed by atoms with Gasteiger partial charge in [-0.1, -0.05) is 36.0 Å². The molecule has 26 heavy (non-hydrogen) atoms. The Bertz CT molecular complexity index is 940. The van der Waals surface area contributed by atoms with Crippen LogP contribution in [0.15, 0.2) is 67.1 Å². The average molecular weight is 365 g/mol. The van der Waals surface area contributed by atoms with Crippen LogP contribution < -0.4 is 5.32 Å². The topological polar surface area (TPSA) is 37.8 Å². The number of pyridine rings is 2. The van der Waals surface area contributed by atoms with Crippen LogP contribution in [0.1, 0.15) is 24.5 Å². The van der Waals surface area contributed by atoms with E-state index in [0.29, 0.717) is 10.5 Å². The Morgan fingerprint density at radius 2 is 2.12 bits per heavy atom. The monoisotopic (exact) mass is 365 g/mol. The second-order valence-corrected chi connectivity index (χ2v) is 6.84. The van der Waals surface area contributed by atoms with Crippen LogP contribution >= 0.6 is 12.2 Å². The lowest BCUT2D eigenvalue weighted by molar-refractivity contribution is 0.600. The predicted octanol–water partition coefficient (Wildman–Crippen LogP) is 4.61. The van der Waals surface area contributed by atoms with Gasteiger partial charge in [0.15, 0.2) is 0 Å². The van der Waals surface area contributed by atoms with E-state index >= 15 is 0 Å². The van der Waals surface area contributed by atoms with Crippen molar-refractivity contribution in [3.8, 4) is 0 Å². The molecular weight excluding hydrogens is 345 g/mol. The summed E-state index contributed by atoms with van der Waals surface area (Å²) in [5.74, 6) is -0.329. The third kappa shape index (κ3) is 4.49. The van der Waals surface area contributed by atoms with Crippen molar-refractivity contribution in [3.05, 3.63) is 84.1 Å². The zero-order valence-corrected chi connectivity index (χ0v) is 15.4. The molecule has 0 aliphatic rings. The van der Waals surface area contributed by atoms with Gasteiger partial charge in [0.1, 0.15) is 16.3 Å². The first kappa shape index (κ1) is 18.1. The fraction of sp³-hybridized carbons (Fsp3) is 0.190. The first-order valence-corrected chi connectivity index (χ1v) is 8.82. The van der Waals surface area contributed by atoms with Gasteiger partial charge in [0.25, 0.3) is 0 Å². The first-order chi connectivity index (χ1) is 12.5. The van der Waals surface area contributed by atoms with Crippen molar-refractivity contribution in [2.24, 2.45) is 0 Å². The zero-order chi connectivity index (χ0) is 18.5. The molecule has 1 aromatic carbocycles. The first-order valence-electron chi connectivity index (χ1n) is 8.41. The molecular formula is C21H20FN3S. The molecule has 5 heteroatoms. The molecule has 1 N–H and O–H groups in total. The Hall–Kier alpha value is -2.66. The summed E-state index contributed by atoms with van der Waals surface area (Å²) < 4.78 is 13.8. The molecule has 132 valence electrons. The molecule has 0 aliphatic heterocycles. The van der Waals surface area contributed by atoms with E-state index in [0.717, 1.165) is 34.9 Å². The number of rotatable bonds is 6. The van der Waals surface area contributed by atoms with E-state index in [9.17, 15) is 4.39 Å². The lowest BCUT2D eigenvalue weighted by Gasteiger charge is -2.21. The number of thiocarbonyl (C=S) groups is 1. The number of benzene rings is 1. The van der Waals surface area contributed by atoms with Crippen molar-refractivity contribution in [2.75, 3.05) is 0 Å². The molecule has 0 bridgehead atoms. The maximum atomic E-state index is 13.8. The SMILES string of the molecule is C=C(C)CC(Cc1cccnc1)NC(=S)c1cnc2c(F)cccc2c1. The smallest absolute Gasteiger partial charge is 0.149 e. The van der Waals surface area contributed by atoms with Crippen LogP contribution in [-0.4, -0.2) is 21.0 Å². The second-order valence-electron chi connectivity index (χ2n) is 6.43. The van der Waals surface area contributed by atoms with Crippen LogP contribution in [0.5, 0.6) is 0 Å². The summed E-state index contributed by atoms with van der Waals surface area (Å²) in [6, 6.07) is 10.8. The molecule has 0 saturated heterocycles. The van der Waals surface area contributed by atoms with Gasteiger partial charge in [-0.25, -0.2) is 4.39 Å². The van der Waals surface area contributed by atoms with E-state index in [4.69, 9.17) is 12.2 Å². The summed E-state index contributed by atoms with van der Waals surface area (Å²) in [7, 11) is 0. The number of fused-ring (bicyclic) bond motifs is 1. The molecule has 0 aliphatic carbocycles. The highest BCUT2D eigenvalue weighted by molar-refractivity contribution is 7.80. The van der Waals surface area contributed by atoms with Gasteiger partial charge in [0.05, 0.1) is 0 Å². The fourth-order valence-electron chi connectivity index (χ4n) is 2.91. The number of halogens is 1. The summed E-state index contributed by atoms with van der Waals surface area (Å²) in [6.45, 7) is 6.02. The molecule has 3 rings (SSSR count). The van der Waals surface area contributed by atoms with E-state index in [1.54, 1.807) is 18.5 Å². The molecule has 3 nitrogen and oxygen atoms in total. The molecule has 0 spiro atoms. The maximum absolute atomic E-state index is 13.8. The van der Waals surface area contributed by atoms with Crippen LogP contribution in [0.25, 0.3) is 10.9 Å². The molecule has 0 fully saturated rings. The van der Waals surface area contributed by atoms with E-state index in [1.165, 1.54) is 6.07 Å². The third-order valence-electron chi connectivity index (χ3n) is 4.06. The van der Waals surface area contributed by atoms with Crippen LogP contribution in [-0.2, 0) is 6.42 Å². The summed E-state index contributed by atoms with van der Waals surface area (Å²) in [6.07, 6.45) is 6.81. The Kier molecular flexibility index (Phi) is 5.68. The third-order valence-corrected chi connectivity index (χ3v) is 4.41. The largest absolute Gasteiger partial charge is 0.372 e. The lowest BCUT2D eigenvalue weighted by atomic mass is 10.0. The predicted molar refractivity (Wildman–Crippen MR) is 108 cm³/mol. The molecule has 0 saturated carbocycles. The fourth-order valence-corrected chi connectivity index (χ4v) is 3.19. The molecule has 1 atom stereocenters. The maximum Gasteiger partial charge on any atom is 0.149 e. The van der Waals surface area contributed by atoms with Crippen LogP contribution in [0.2, 0.25) is 0 Å². The van der Waals surface area contributed by atoms with Gasteiger partial charge in [0.2, 0.25) is 0 Å². The standard InChI is InChI=1S/C21H20FN3S/c1-14(2)9-18(10-15-5-4-8-23-12-15)25-21(26)17-11-16-6-3-7-19(22)20(16)24-13-17/h3-8,11-13,18H,1,9-10H2,2H3,(H,25,26).